The van der Waals surface area contributed by atoms with E-state index in [1.54, 1.807) is 6.07 Å². The summed E-state index contributed by atoms with van der Waals surface area (Å²) in [6, 6.07) is 5.52. The summed E-state index contributed by atoms with van der Waals surface area (Å²) in [6.07, 6.45) is 1.90. The molecule has 0 aliphatic heterocycles. The van der Waals surface area contributed by atoms with Gasteiger partial charge in [-0.25, -0.2) is 0 Å². The van der Waals surface area contributed by atoms with Crippen LogP contribution >= 0.6 is 31.9 Å². The van der Waals surface area contributed by atoms with Gasteiger partial charge in [0.1, 0.15) is 0 Å². The average molecular weight is 364 g/mol. The molecule has 94 valence electrons. The number of carbonyl (C=O) groups is 1. The molecule has 1 aromatic rings. The summed E-state index contributed by atoms with van der Waals surface area (Å²) in [4.78, 5) is 12.0. The van der Waals surface area contributed by atoms with Gasteiger partial charge in [0.25, 0.3) is 5.91 Å². The van der Waals surface area contributed by atoms with Gasteiger partial charge >= 0.3 is 0 Å². The third-order valence-electron chi connectivity index (χ3n) is 2.43. The zero-order chi connectivity index (χ0) is 12.8. The fraction of sp³-hybridized carbons (Fsp3) is 0.417. The second-order valence-electron chi connectivity index (χ2n) is 3.82. The van der Waals surface area contributed by atoms with Crippen LogP contribution in [0, 0.1) is 0 Å². The molecule has 0 aromatic heterocycles. The molecule has 0 aliphatic carbocycles. The van der Waals surface area contributed by atoms with E-state index in [2.05, 4.69) is 44.1 Å². The summed E-state index contributed by atoms with van der Waals surface area (Å²) >= 11 is 6.73. The highest BCUT2D eigenvalue weighted by Gasteiger charge is 2.14. The second kappa shape index (κ2) is 7.13. The molecule has 0 aliphatic rings. The van der Waals surface area contributed by atoms with Crippen molar-refractivity contribution in [3.63, 3.8) is 0 Å². The fourth-order valence-electron chi connectivity index (χ4n) is 1.53. The molecule has 17 heavy (non-hydrogen) atoms. The maximum absolute atomic E-state index is 12.0. The van der Waals surface area contributed by atoms with Crippen LogP contribution in [-0.2, 0) is 0 Å². The summed E-state index contributed by atoms with van der Waals surface area (Å²) < 4.78 is 1.71. The van der Waals surface area contributed by atoms with Crippen LogP contribution in [-0.4, -0.2) is 18.5 Å². The third-order valence-corrected chi connectivity index (χ3v) is 3.58. The lowest BCUT2D eigenvalue weighted by atomic mass is 10.1. The topological polar surface area (TPSA) is 55.1 Å². The van der Waals surface area contributed by atoms with Crippen molar-refractivity contribution in [1.82, 2.24) is 5.32 Å². The lowest BCUT2D eigenvalue weighted by Gasteiger charge is -2.16. The van der Waals surface area contributed by atoms with Gasteiger partial charge in [0.2, 0.25) is 0 Å². The van der Waals surface area contributed by atoms with Gasteiger partial charge in [0.15, 0.2) is 0 Å². The Balaban J connectivity index is 2.75. The van der Waals surface area contributed by atoms with Crippen molar-refractivity contribution in [3.05, 3.63) is 32.7 Å². The van der Waals surface area contributed by atoms with E-state index < -0.39 is 0 Å². The Kier molecular flexibility index (Phi) is 6.16. The van der Waals surface area contributed by atoms with Crippen LogP contribution in [0.1, 0.15) is 30.1 Å². The molecule has 0 fully saturated rings. The molecule has 5 heteroatoms. The molecule has 0 bridgehead atoms. The first-order valence-corrected chi connectivity index (χ1v) is 7.13. The summed E-state index contributed by atoms with van der Waals surface area (Å²) in [5.41, 5.74) is 6.24. The van der Waals surface area contributed by atoms with Gasteiger partial charge in [-0.05, 0) is 40.5 Å². The fourth-order valence-corrected chi connectivity index (χ4v) is 2.76. The molecular formula is C12H16Br2N2O. The predicted octanol–water partition coefficient (Wildman–Crippen LogP) is 3.07. The molecule has 0 heterocycles. The zero-order valence-electron chi connectivity index (χ0n) is 9.67. The number of rotatable bonds is 5. The number of amides is 1. The van der Waals surface area contributed by atoms with Crippen LogP contribution in [0.2, 0.25) is 0 Å². The number of carbonyl (C=O) groups excluding carboxylic acids is 1. The highest BCUT2D eigenvalue weighted by Crippen LogP contribution is 2.21. The molecule has 1 rings (SSSR count). The Hall–Kier alpha value is -0.390. The molecule has 1 atom stereocenters. The third kappa shape index (κ3) is 4.41. The monoisotopic (exact) mass is 362 g/mol. The minimum absolute atomic E-state index is 0.0445. The Morgan fingerprint density at radius 1 is 1.47 bits per heavy atom. The number of hydrogen-bond acceptors (Lipinski definition) is 2. The SMILES string of the molecule is CCCC(CN)NC(=O)c1ccc(Br)cc1Br. The van der Waals surface area contributed by atoms with Crippen molar-refractivity contribution in [1.29, 1.82) is 0 Å². The first kappa shape index (κ1) is 14.7. The summed E-state index contributed by atoms with van der Waals surface area (Å²) in [5.74, 6) is -0.0896. The largest absolute Gasteiger partial charge is 0.348 e. The van der Waals surface area contributed by atoms with E-state index in [0.29, 0.717) is 12.1 Å². The maximum atomic E-state index is 12.0. The molecule has 1 amide bonds. The van der Waals surface area contributed by atoms with Crippen molar-refractivity contribution in [2.75, 3.05) is 6.54 Å². The summed E-state index contributed by atoms with van der Waals surface area (Å²) in [7, 11) is 0. The van der Waals surface area contributed by atoms with Crippen molar-refractivity contribution in [2.45, 2.75) is 25.8 Å². The first-order chi connectivity index (χ1) is 8.08. The van der Waals surface area contributed by atoms with E-state index >= 15 is 0 Å². The van der Waals surface area contributed by atoms with Crippen LogP contribution in [0.15, 0.2) is 27.1 Å². The van der Waals surface area contributed by atoms with E-state index in [1.165, 1.54) is 0 Å². The van der Waals surface area contributed by atoms with Crippen LogP contribution in [0.25, 0.3) is 0 Å². The van der Waals surface area contributed by atoms with Gasteiger partial charge in [-0.15, -0.1) is 0 Å². The Morgan fingerprint density at radius 2 is 2.18 bits per heavy atom. The van der Waals surface area contributed by atoms with Gasteiger partial charge in [0, 0.05) is 21.5 Å². The summed E-state index contributed by atoms with van der Waals surface area (Å²) in [6.45, 7) is 2.54. The van der Waals surface area contributed by atoms with Crippen LogP contribution in [0.4, 0.5) is 0 Å². The number of benzene rings is 1. The van der Waals surface area contributed by atoms with Crippen molar-refractivity contribution < 1.29 is 4.79 Å². The van der Waals surface area contributed by atoms with E-state index in [9.17, 15) is 4.79 Å². The smallest absolute Gasteiger partial charge is 0.252 e. The Labute approximate surface area is 118 Å². The van der Waals surface area contributed by atoms with Crippen molar-refractivity contribution >= 4 is 37.8 Å². The van der Waals surface area contributed by atoms with E-state index in [-0.39, 0.29) is 11.9 Å². The molecular weight excluding hydrogens is 348 g/mol. The standard InChI is InChI=1S/C12H16Br2N2O/c1-2-3-9(7-15)16-12(17)10-5-4-8(13)6-11(10)14/h4-6,9H,2-3,7,15H2,1H3,(H,16,17). The zero-order valence-corrected chi connectivity index (χ0v) is 12.8. The Morgan fingerprint density at radius 3 is 2.71 bits per heavy atom. The van der Waals surface area contributed by atoms with Crippen LogP contribution in [0.3, 0.4) is 0 Å². The highest BCUT2D eigenvalue weighted by molar-refractivity contribution is 9.11. The number of hydrogen-bond donors (Lipinski definition) is 2. The van der Waals surface area contributed by atoms with E-state index in [4.69, 9.17) is 5.73 Å². The molecule has 1 unspecified atom stereocenters. The lowest BCUT2D eigenvalue weighted by molar-refractivity contribution is 0.0935. The maximum Gasteiger partial charge on any atom is 0.252 e. The molecule has 0 radical (unpaired) electrons. The van der Waals surface area contributed by atoms with Crippen molar-refractivity contribution in [2.24, 2.45) is 5.73 Å². The highest BCUT2D eigenvalue weighted by atomic mass is 79.9. The van der Waals surface area contributed by atoms with E-state index in [1.807, 2.05) is 12.1 Å². The number of nitrogens with two attached hydrogens (primary N) is 1. The quantitative estimate of drug-likeness (QED) is 0.844. The molecule has 0 saturated carbocycles. The molecule has 1 aromatic carbocycles. The molecule has 3 nitrogen and oxygen atoms in total. The molecule has 0 spiro atoms. The van der Waals surface area contributed by atoms with Crippen LogP contribution in [0.5, 0.6) is 0 Å². The minimum Gasteiger partial charge on any atom is -0.348 e. The Bertz CT molecular complexity index is 396. The van der Waals surface area contributed by atoms with Gasteiger partial charge in [-0.1, -0.05) is 29.3 Å². The predicted molar refractivity (Wildman–Crippen MR) is 77.1 cm³/mol. The average Bonchev–Trinajstić information content (AvgIpc) is 2.28. The van der Waals surface area contributed by atoms with Crippen molar-refractivity contribution in [3.8, 4) is 0 Å². The van der Waals surface area contributed by atoms with Gasteiger partial charge in [-0.3, -0.25) is 4.79 Å². The second-order valence-corrected chi connectivity index (χ2v) is 5.59. The van der Waals surface area contributed by atoms with Gasteiger partial charge in [0.05, 0.1) is 5.56 Å². The van der Waals surface area contributed by atoms with Gasteiger partial charge in [-0.2, -0.15) is 0 Å². The van der Waals surface area contributed by atoms with Crippen LogP contribution < -0.4 is 11.1 Å². The lowest BCUT2D eigenvalue weighted by Crippen LogP contribution is -2.40. The number of nitrogens with one attached hydrogen (secondary N) is 1. The van der Waals surface area contributed by atoms with E-state index in [0.717, 1.165) is 21.8 Å². The first-order valence-electron chi connectivity index (χ1n) is 5.54. The summed E-state index contributed by atoms with van der Waals surface area (Å²) in [5, 5.41) is 2.93. The number of halogens is 2. The molecule has 3 N–H and O–H groups in total. The van der Waals surface area contributed by atoms with Gasteiger partial charge < -0.3 is 11.1 Å². The minimum atomic E-state index is -0.0896. The molecule has 0 saturated heterocycles. The normalized spacial score (nSPS) is 12.2.